The number of fused-ring (bicyclic) bond motifs is 2. The van der Waals surface area contributed by atoms with E-state index in [-0.39, 0.29) is 28.3 Å². The van der Waals surface area contributed by atoms with Gasteiger partial charge in [-0.25, -0.2) is 4.98 Å². The Balaban J connectivity index is 1.51. The number of hydrogen-bond donors (Lipinski definition) is 3. The van der Waals surface area contributed by atoms with E-state index in [1.165, 1.54) is 29.0 Å². The molecule has 13 heteroatoms. The van der Waals surface area contributed by atoms with Gasteiger partial charge in [-0.15, -0.1) is 0 Å². The highest BCUT2D eigenvalue weighted by Crippen LogP contribution is 2.36. The smallest absolute Gasteiger partial charge is 0.342 e. The summed E-state index contributed by atoms with van der Waals surface area (Å²) < 4.78 is 44.9. The molecule has 5 rings (SSSR count). The molecule has 3 N–H and O–H groups in total. The van der Waals surface area contributed by atoms with Crippen molar-refractivity contribution >= 4 is 46.1 Å². The average Bonchev–Trinajstić information content (AvgIpc) is 3.26. The van der Waals surface area contributed by atoms with E-state index in [0.29, 0.717) is 41.7 Å². The van der Waals surface area contributed by atoms with Crippen molar-refractivity contribution in [3.8, 4) is 5.69 Å². The molecule has 0 spiro atoms. The summed E-state index contributed by atoms with van der Waals surface area (Å²) in [5.41, 5.74) is -0.844. The van der Waals surface area contributed by atoms with Gasteiger partial charge in [0.15, 0.2) is 5.52 Å². The van der Waals surface area contributed by atoms with Gasteiger partial charge in [0.1, 0.15) is 11.7 Å². The van der Waals surface area contributed by atoms with E-state index in [9.17, 15) is 22.8 Å². The molecule has 2 bridgehead atoms. The van der Waals surface area contributed by atoms with Crippen molar-refractivity contribution in [3.05, 3.63) is 92.8 Å². The molecule has 8 nitrogen and oxygen atoms in total. The van der Waals surface area contributed by atoms with E-state index >= 15 is 0 Å². The fraction of sp³-hybridized carbons (Fsp3) is 0.310. The van der Waals surface area contributed by atoms with Gasteiger partial charge in [0.05, 0.1) is 28.9 Å². The minimum atomic E-state index is -4.79. The molecular weight excluding hydrogens is 589 g/mol. The molecule has 3 heterocycles. The van der Waals surface area contributed by atoms with Crippen LogP contribution in [0.2, 0.25) is 0 Å². The van der Waals surface area contributed by atoms with Gasteiger partial charge < -0.3 is 15.6 Å². The summed E-state index contributed by atoms with van der Waals surface area (Å²) >= 11 is 7.76. The zero-order chi connectivity index (χ0) is 30.0. The lowest BCUT2D eigenvalue weighted by Gasteiger charge is -2.26. The second kappa shape index (κ2) is 12.2. The first-order valence-corrected chi connectivity index (χ1v) is 15.1. The highest BCUT2D eigenvalue weighted by molar-refractivity contribution is 7.98. The number of H-pyrrole nitrogens is 1. The molecule has 1 aliphatic carbocycles. The Hall–Kier alpha value is -3.77. The Morgan fingerprint density at radius 1 is 1.29 bits per heavy atom. The predicted molar refractivity (Wildman–Crippen MR) is 160 cm³/mol. The topological polar surface area (TPSA) is 104 Å². The largest absolute Gasteiger partial charge is 0.418 e. The number of rotatable bonds is 9. The van der Waals surface area contributed by atoms with Crippen molar-refractivity contribution in [2.75, 3.05) is 12.0 Å². The number of pyridine rings is 1. The van der Waals surface area contributed by atoms with Gasteiger partial charge in [0, 0.05) is 28.9 Å². The van der Waals surface area contributed by atoms with E-state index in [1.54, 1.807) is 23.9 Å². The number of aromatic nitrogens is 3. The van der Waals surface area contributed by atoms with Crippen LogP contribution in [0.3, 0.4) is 0 Å². The lowest BCUT2D eigenvalue weighted by Crippen LogP contribution is -2.48. The summed E-state index contributed by atoms with van der Waals surface area (Å²) in [5, 5.41) is 6.59. The summed E-state index contributed by atoms with van der Waals surface area (Å²) in [6, 6.07) is 4.09. The first-order chi connectivity index (χ1) is 20.1. The second-order valence-electron chi connectivity index (χ2n) is 9.83. The first-order valence-electron chi connectivity index (χ1n) is 13.3. The minimum absolute atomic E-state index is 0.0509. The fourth-order valence-corrected chi connectivity index (χ4v) is 5.59. The maximum atomic E-state index is 14.5. The lowest BCUT2D eigenvalue weighted by molar-refractivity contribution is -0.137. The van der Waals surface area contributed by atoms with Crippen molar-refractivity contribution in [1.29, 1.82) is 0 Å². The Bertz CT molecular complexity index is 1710. The van der Waals surface area contributed by atoms with Gasteiger partial charge >= 0.3 is 6.18 Å². The normalized spacial score (nSPS) is 17.2. The van der Waals surface area contributed by atoms with Gasteiger partial charge in [-0.05, 0) is 67.3 Å². The summed E-state index contributed by atoms with van der Waals surface area (Å²) in [6.45, 7) is 1.87. The number of allylic oxidation sites excluding steroid dienone is 3. The average molecular weight is 617 g/mol. The Labute approximate surface area is 248 Å². The minimum Gasteiger partial charge on any atom is -0.342 e. The predicted octanol–water partition coefficient (Wildman–Crippen LogP) is 5.48. The van der Waals surface area contributed by atoms with Crippen LogP contribution in [-0.4, -0.2) is 50.4 Å². The number of hydrogen-bond acceptors (Lipinski definition) is 6. The number of aromatic amines is 1. The zero-order valence-corrected chi connectivity index (χ0v) is 24.3. The van der Waals surface area contributed by atoms with Crippen molar-refractivity contribution < 1.29 is 18.0 Å². The first kappa shape index (κ1) is 29.7. The third kappa shape index (κ3) is 6.19. The number of nitrogens with zero attached hydrogens (tertiary/aromatic N) is 3. The zero-order valence-electron chi connectivity index (χ0n) is 22.8. The molecule has 3 aromatic rings. The van der Waals surface area contributed by atoms with Crippen LogP contribution >= 0.6 is 23.4 Å². The van der Waals surface area contributed by atoms with Crippen LogP contribution in [0.15, 0.2) is 75.3 Å². The number of amidine groups is 1. The maximum Gasteiger partial charge on any atom is 0.418 e. The standard InChI is InChI=1S/C29H28ClF3N6O2S/c1-3-4-24-38-25-23(9-11-34-28(25)41)39(24)22-8-5-16(13-20(22)29(31,32)33)27(40)37-21(10-12-42-2)26-35-18-7-6-17(30)14-19(15-18)36-26/h5-9,11,13-15,18,21H,3-4,10,12H2,1-2H3,(H,34,41)(H,35,36)(H,37,40). The number of nitrogens with one attached hydrogen (secondary N) is 3. The summed E-state index contributed by atoms with van der Waals surface area (Å²) in [4.78, 5) is 37.3. The fourth-order valence-electron chi connectivity index (χ4n) is 4.93. The van der Waals surface area contributed by atoms with Crippen molar-refractivity contribution in [3.63, 3.8) is 0 Å². The highest BCUT2D eigenvalue weighted by Gasteiger charge is 2.36. The Morgan fingerprint density at radius 2 is 2.10 bits per heavy atom. The molecule has 2 aliphatic rings. The number of alkyl halides is 3. The summed E-state index contributed by atoms with van der Waals surface area (Å²) in [5.74, 6) is 0.834. The SMILES string of the molecule is CCCc1nc2c(=O)[nH]ccc2n1-c1ccc(C(=O)NC(CCSC)C2=NC3C=CC(Cl)=CC(=C3)N2)cc1C(F)(F)F. The molecule has 0 radical (unpaired) electrons. The van der Waals surface area contributed by atoms with Gasteiger partial charge in [0.2, 0.25) is 0 Å². The second-order valence-corrected chi connectivity index (χ2v) is 11.3. The van der Waals surface area contributed by atoms with Gasteiger partial charge in [-0.3, -0.25) is 19.1 Å². The van der Waals surface area contributed by atoms with Crippen LogP contribution in [0.4, 0.5) is 13.2 Å². The van der Waals surface area contributed by atoms with E-state index in [4.69, 9.17) is 11.6 Å². The van der Waals surface area contributed by atoms with Gasteiger partial charge in [-0.1, -0.05) is 24.6 Å². The molecule has 2 atom stereocenters. The molecule has 0 saturated heterocycles. The van der Waals surface area contributed by atoms with Crippen molar-refractivity contribution in [2.45, 2.75) is 44.4 Å². The molecule has 1 aromatic carbocycles. The number of imidazole rings is 1. The van der Waals surface area contributed by atoms with Crippen LogP contribution in [0.25, 0.3) is 16.7 Å². The van der Waals surface area contributed by atoms with Crippen LogP contribution in [0.5, 0.6) is 0 Å². The molecule has 220 valence electrons. The van der Waals surface area contributed by atoms with Gasteiger partial charge in [0.25, 0.3) is 11.5 Å². The number of carbonyl (C=O) groups excluding carboxylic acids is 1. The molecule has 0 fully saturated rings. The third-order valence-corrected chi connectivity index (χ3v) is 7.71. The van der Waals surface area contributed by atoms with Gasteiger partial charge in [-0.2, -0.15) is 24.9 Å². The molecule has 1 aliphatic heterocycles. The van der Waals surface area contributed by atoms with E-state index in [0.717, 1.165) is 11.8 Å². The maximum absolute atomic E-state index is 14.5. The Morgan fingerprint density at radius 3 is 2.83 bits per heavy atom. The molecular formula is C29H28ClF3N6O2S. The van der Waals surface area contributed by atoms with Crippen LogP contribution in [0, 0.1) is 0 Å². The number of halogens is 4. The number of aliphatic imine (C=N–C) groups is 1. The summed E-state index contributed by atoms with van der Waals surface area (Å²) in [7, 11) is 0. The van der Waals surface area contributed by atoms with Crippen molar-refractivity contribution in [1.82, 2.24) is 25.2 Å². The molecule has 2 aromatic heterocycles. The number of aryl methyl sites for hydroxylation is 1. The number of thioether (sulfide) groups is 1. The number of carbonyl (C=O) groups is 1. The quantitative estimate of drug-likeness (QED) is 0.295. The monoisotopic (exact) mass is 616 g/mol. The van der Waals surface area contributed by atoms with Crippen LogP contribution < -0.4 is 16.2 Å². The third-order valence-electron chi connectivity index (χ3n) is 6.83. The molecule has 0 saturated carbocycles. The summed E-state index contributed by atoms with van der Waals surface area (Å²) in [6.07, 6.45) is 7.17. The van der Waals surface area contributed by atoms with Crippen molar-refractivity contribution in [2.24, 2.45) is 4.99 Å². The lowest BCUT2D eigenvalue weighted by atomic mass is 10.1. The van der Waals surface area contributed by atoms with E-state index in [2.05, 4.69) is 25.6 Å². The molecule has 42 heavy (non-hydrogen) atoms. The molecule has 2 unspecified atom stereocenters. The van der Waals surface area contributed by atoms with Crippen LogP contribution in [-0.2, 0) is 12.6 Å². The van der Waals surface area contributed by atoms with E-state index in [1.807, 2.05) is 25.3 Å². The van der Waals surface area contributed by atoms with E-state index < -0.39 is 29.2 Å². The number of amides is 1. The Kier molecular flexibility index (Phi) is 8.65. The highest BCUT2D eigenvalue weighted by atomic mass is 35.5. The van der Waals surface area contributed by atoms with Crippen LogP contribution in [0.1, 0.15) is 41.5 Å². The molecule has 1 amide bonds. The number of benzene rings is 1.